The first kappa shape index (κ1) is 25.5. The van der Waals surface area contributed by atoms with Gasteiger partial charge < -0.3 is 9.88 Å². The number of hydrogen-bond donors (Lipinski definition) is 1. The Morgan fingerprint density at radius 3 is 2.33 bits per heavy atom. The van der Waals surface area contributed by atoms with E-state index in [0.29, 0.717) is 16.3 Å². The van der Waals surface area contributed by atoms with Gasteiger partial charge in [0.1, 0.15) is 12.4 Å². The first-order valence-electron chi connectivity index (χ1n) is 11.4. The number of nitrogens with zero attached hydrogens (tertiary/aromatic N) is 3. The minimum absolute atomic E-state index is 0.102. The van der Waals surface area contributed by atoms with Crippen molar-refractivity contribution >= 4 is 33.2 Å². The Morgan fingerprint density at radius 2 is 1.69 bits per heavy atom. The van der Waals surface area contributed by atoms with E-state index in [0.717, 1.165) is 26.9 Å². The van der Waals surface area contributed by atoms with Crippen molar-refractivity contribution in [1.82, 2.24) is 14.9 Å². The van der Waals surface area contributed by atoms with Gasteiger partial charge in [-0.05, 0) is 68.3 Å². The Hall–Kier alpha value is -3.62. The average Bonchev–Trinajstić information content (AvgIpc) is 3.29. The van der Waals surface area contributed by atoms with Gasteiger partial charge in [-0.25, -0.2) is 13.4 Å². The quantitative estimate of drug-likeness (QED) is 0.354. The Balaban J connectivity index is 1.54. The molecule has 0 unspecified atom stereocenters. The minimum Gasteiger partial charge on any atom is -0.350 e. The van der Waals surface area contributed by atoms with Crippen LogP contribution in [0.1, 0.15) is 22.5 Å². The van der Waals surface area contributed by atoms with Crippen LogP contribution in [0, 0.1) is 20.8 Å². The van der Waals surface area contributed by atoms with E-state index in [1.165, 1.54) is 0 Å². The molecule has 36 heavy (non-hydrogen) atoms. The van der Waals surface area contributed by atoms with Crippen molar-refractivity contribution in [3.05, 3.63) is 107 Å². The summed E-state index contributed by atoms with van der Waals surface area (Å²) < 4.78 is 30.3. The molecule has 0 aliphatic carbocycles. The molecule has 186 valence electrons. The van der Waals surface area contributed by atoms with Crippen LogP contribution in [0.2, 0.25) is 5.02 Å². The molecule has 7 nitrogen and oxygen atoms in total. The Labute approximate surface area is 216 Å². The molecule has 1 heterocycles. The smallest absolute Gasteiger partial charge is 0.264 e. The van der Waals surface area contributed by atoms with Crippen LogP contribution >= 0.6 is 11.6 Å². The zero-order chi connectivity index (χ0) is 25.9. The molecule has 0 atom stereocenters. The SMILES string of the molecule is Cc1ccc(S(=O)(=O)N(CC(=O)NCc2ccc(-n3ccnc3C)cc2)c2cc(Cl)ccc2C)cc1. The number of anilines is 1. The number of sulfonamides is 1. The van der Waals surface area contributed by atoms with Gasteiger partial charge in [0.25, 0.3) is 10.0 Å². The molecule has 3 aromatic carbocycles. The van der Waals surface area contributed by atoms with Gasteiger partial charge >= 0.3 is 0 Å². The molecule has 4 rings (SSSR count). The van der Waals surface area contributed by atoms with Gasteiger partial charge in [0.15, 0.2) is 0 Å². The van der Waals surface area contributed by atoms with Crippen molar-refractivity contribution in [2.75, 3.05) is 10.8 Å². The highest BCUT2D eigenvalue weighted by molar-refractivity contribution is 7.92. The summed E-state index contributed by atoms with van der Waals surface area (Å²) in [7, 11) is -4.02. The molecule has 1 N–H and O–H groups in total. The normalized spacial score (nSPS) is 11.3. The predicted molar refractivity (Wildman–Crippen MR) is 142 cm³/mol. The number of aromatic nitrogens is 2. The molecule has 1 amide bonds. The largest absolute Gasteiger partial charge is 0.350 e. The molecule has 9 heteroatoms. The molecule has 1 aromatic heterocycles. The zero-order valence-corrected chi connectivity index (χ0v) is 21.8. The standard InChI is InChI=1S/C27H27ClN4O3S/c1-19-4-12-25(13-5-19)36(34,35)32(26-16-23(28)9-6-20(26)2)18-27(33)30-17-22-7-10-24(11-8-22)31-15-14-29-21(31)3/h4-16H,17-18H2,1-3H3,(H,30,33). The fourth-order valence-corrected chi connectivity index (χ4v) is 5.44. The van der Waals surface area contributed by atoms with Gasteiger partial charge in [0, 0.05) is 29.6 Å². The highest BCUT2D eigenvalue weighted by Crippen LogP contribution is 2.29. The summed E-state index contributed by atoms with van der Waals surface area (Å²) in [4.78, 5) is 17.3. The van der Waals surface area contributed by atoms with Gasteiger partial charge in [0.05, 0.1) is 10.6 Å². The Bertz CT molecular complexity index is 1480. The molecule has 0 aliphatic heterocycles. The number of benzene rings is 3. The highest BCUT2D eigenvalue weighted by atomic mass is 35.5. The maximum absolute atomic E-state index is 13.6. The van der Waals surface area contributed by atoms with Crippen LogP contribution in [-0.4, -0.2) is 30.4 Å². The number of nitrogens with one attached hydrogen (secondary N) is 1. The lowest BCUT2D eigenvalue weighted by Gasteiger charge is -2.26. The maximum Gasteiger partial charge on any atom is 0.264 e. The second kappa shape index (κ2) is 10.6. The van der Waals surface area contributed by atoms with E-state index < -0.39 is 15.9 Å². The zero-order valence-electron chi connectivity index (χ0n) is 20.3. The van der Waals surface area contributed by atoms with Crippen molar-refractivity contribution < 1.29 is 13.2 Å². The van der Waals surface area contributed by atoms with E-state index in [1.54, 1.807) is 55.6 Å². The molecule has 0 bridgehead atoms. The summed E-state index contributed by atoms with van der Waals surface area (Å²) >= 11 is 6.19. The second-order valence-electron chi connectivity index (χ2n) is 8.54. The topological polar surface area (TPSA) is 84.3 Å². The molecule has 0 radical (unpaired) electrons. The number of carbonyl (C=O) groups excluding carboxylic acids is 1. The van der Waals surface area contributed by atoms with E-state index >= 15 is 0 Å². The molecular formula is C27H27ClN4O3S. The maximum atomic E-state index is 13.6. The van der Waals surface area contributed by atoms with E-state index in [9.17, 15) is 13.2 Å². The molecule has 0 fully saturated rings. The fraction of sp³-hybridized carbons (Fsp3) is 0.185. The predicted octanol–water partition coefficient (Wildman–Crippen LogP) is 4.96. The molecule has 0 saturated heterocycles. The van der Waals surface area contributed by atoms with Gasteiger partial charge in [-0.15, -0.1) is 0 Å². The molecule has 4 aromatic rings. The summed E-state index contributed by atoms with van der Waals surface area (Å²) in [6.45, 7) is 5.46. The third-order valence-corrected chi connectivity index (χ3v) is 7.88. The fourth-order valence-electron chi connectivity index (χ4n) is 3.80. The number of amides is 1. The first-order chi connectivity index (χ1) is 17.1. The van der Waals surface area contributed by atoms with Crippen molar-refractivity contribution in [3.8, 4) is 5.69 Å². The summed E-state index contributed by atoms with van der Waals surface area (Å²) in [5, 5.41) is 3.22. The summed E-state index contributed by atoms with van der Waals surface area (Å²) in [6.07, 6.45) is 3.62. The van der Waals surface area contributed by atoms with Crippen LogP contribution in [0.3, 0.4) is 0 Å². The van der Waals surface area contributed by atoms with E-state index in [2.05, 4.69) is 10.3 Å². The third kappa shape index (κ3) is 5.61. The highest BCUT2D eigenvalue weighted by Gasteiger charge is 2.28. The van der Waals surface area contributed by atoms with Crippen LogP contribution in [0.5, 0.6) is 0 Å². The summed E-state index contributed by atoms with van der Waals surface area (Å²) in [5.74, 6) is 0.446. The van der Waals surface area contributed by atoms with Crippen LogP contribution < -0.4 is 9.62 Å². The number of carbonyl (C=O) groups is 1. The number of rotatable bonds is 8. The average molecular weight is 523 g/mol. The molecule has 0 saturated carbocycles. The van der Waals surface area contributed by atoms with Gasteiger partial charge in [0.2, 0.25) is 5.91 Å². The van der Waals surface area contributed by atoms with Crippen LogP contribution in [0.4, 0.5) is 5.69 Å². The molecular weight excluding hydrogens is 496 g/mol. The van der Waals surface area contributed by atoms with Gasteiger partial charge in [-0.2, -0.15) is 0 Å². The lowest BCUT2D eigenvalue weighted by molar-refractivity contribution is -0.119. The molecule has 0 spiro atoms. The number of aryl methyl sites for hydroxylation is 3. The van der Waals surface area contributed by atoms with Gasteiger partial charge in [-0.3, -0.25) is 9.10 Å². The summed E-state index contributed by atoms with van der Waals surface area (Å²) in [6, 6.07) is 19.2. The van der Waals surface area contributed by atoms with Crippen molar-refractivity contribution in [1.29, 1.82) is 0 Å². The van der Waals surface area contributed by atoms with Crippen molar-refractivity contribution in [3.63, 3.8) is 0 Å². The van der Waals surface area contributed by atoms with E-state index in [-0.39, 0.29) is 18.0 Å². The lowest BCUT2D eigenvalue weighted by atomic mass is 10.2. The number of imidazole rings is 1. The first-order valence-corrected chi connectivity index (χ1v) is 13.2. The van der Waals surface area contributed by atoms with Crippen molar-refractivity contribution in [2.45, 2.75) is 32.2 Å². The van der Waals surface area contributed by atoms with E-state index in [1.807, 2.05) is 48.9 Å². The second-order valence-corrected chi connectivity index (χ2v) is 10.8. The number of hydrogen-bond acceptors (Lipinski definition) is 4. The third-order valence-electron chi connectivity index (χ3n) is 5.87. The van der Waals surface area contributed by atoms with Crippen LogP contribution in [0.15, 0.2) is 84.0 Å². The van der Waals surface area contributed by atoms with Crippen LogP contribution in [-0.2, 0) is 21.4 Å². The summed E-state index contributed by atoms with van der Waals surface area (Å²) in [5.41, 5.74) is 3.83. The monoisotopic (exact) mass is 522 g/mol. The minimum atomic E-state index is -4.02. The van der Waals surface area contributed by atoms with Crippen LogP contribution in [0.25, 0.3) is 5.69 Å². The Morgan fingerprint density at radius 1 is 1.00 bits per heavy atom. The Kier molecular flexibility index (Phi) is 7.47. The number of halogens is 1. The van der Waals surface area contributed by atoms with E-state index in [4.69, 9.17) is 11.6 Å². The van der Waals surface area contributed by atoms with Crippen molar-refractivity contribution in [2.24, 2.45) is 0 Å². The van der Waals surface area contributed by atoms with Gasteiger partial charge in [-0.1, -0.05) is 47.5 Å². The molecule has 0 aliphatic rings. The lowest BCUT2D eigenvalue weighted by Crippen LogP contribution is -2.41.